The number of ether oxygens (including phenoxy) is 4. The van der Waals surface area contributed by atoms with Gasteiger partial charge in [0.1, 0.15) is 13.2 Å². The van der Waals surface area contributed by atoms with E-state index < -0.39 is 24.5 Å². The predicted molar refractivity (Wildman–Crippen MR) is 98.7 cm³/mol. The number of carbonyl (C=O) groups excluding carboxylic acids is 3. The summed E-state index contributed by atoms with van der Waals surface area (Å²) in [6.45, 7) is 2.24. The molecular formula is C20H19NO7. The van der Waals surface area contributed by atoms with Crippen LogP contribution in [0.3, 0.4) is 0 Å². The highest BCUT2D eigenvalue weighted by molar-refractivity contribution is 6.02. The van der Waals surface area contributed by atoms with Crippen molar-refractivity contribution >= 4 is 23.5 Å². The van der Waals surface area contributed by atoms with Gasteiger partial charge < -0.3 is 24.3 Å². The molecule has 0 unspecified atom stereocenters. The molecule has 1 amide bonds. The van der Waals surface area contributed by atoms with Crippen LogP contribution >= 0.6 is 0 Å². The second kappa shape index (κ2) is 8.90. The molecule has 0 spiro atoms. The van der Waals surface area contributed by atoms with E-state index in [4.69, 9.17) is 18.9 Å². The van der Waals surface area contributed by atoms with Gasteiger partial charge in [0, 0.05) is 0 Å². The molecule has 1 N–H and O–H groups in total. The molecular weight excluding hydrogens is 366 g/mol. The maximum absolute atomic E-state index is 12.2. The Hall–Kier alpha value is -3.55. The molecule has 1 heterocycles. The van der Waals surface area contributed by atoms with Crippen molar-refractivity contribution in [1.82, 2.24) is 0 Å². The van der Waals surface area contributed by atoms with Crippen LogP contribution in [0.15, 0.2) is 42.5 Å². The van der Waals surface area contributed by atoms with E-state index in [1.165, 1.54) is 18.2 Å². The fourth-order valence-corrected chi connectivity index (χ4v) is 2.55. The number of anilines is 1. The summed E-state index contributed by atoms with van der Waals surface area (Å²) in [5, 5.41) is 2.54. The van der Waals surface area contributed by atoms with Crippen LogP contribution in [0.5, 0.6) is 11.5 Å². The van der Waals surface area contributed by atoms with Crippen LogP contribution < -0.4 is 14.8 Å². The zero-order chi connectivity index (χ0) is 19.9. The van der Waals surface area contributed by atoms with E-state index in [0.717, 1.165) is 0 Å². The average Bonchev–Trinajstić information content (AvgIpc) is 2.72. The number of hydrogen-bond donors (Lipinski definition) is 1. The number of carbonyl (C=O) groups is 3. The molecule has 2 aromatic carbocycles. The monoisotopic (exact) mass is 385 g/mol. The first-order valence-electron chi connectivity index (χ1n) is 8.71. The second-order valence-electron chi connectivity index (χ2n) is 5.75. The first kappa shape index (κ1) is 19.2. The maximum Gasteiger partial charge on any atom is 0.340 e. The summed E-state index contributed by atoms with van der Waals surface area (Å²) in [5.74, 6) is -0.801. The Morgan fingerprint density at radius 3 is 2.50 bits per heavy atom. The lowest BCUT2D eigenvalue weighted by Gasteiger charge is -2.18. The summed E-state index contributed by atoms with van der Waals surface area (Å²) < 4.78 is 20.8. The molecule has 0 bridgehead atoms. The van der Waals surface area contributed by atoms with Crippen LogP contribution in [-0.4, -0.2) is 44.3 Å². The normalized spacial score (nSPS) is 12.0. The Morgan fingerprint density at radius 2 is 1.71 bits per heavy atom. The molecule has 8 heteroatoms. The van der Waals surface area contributed by atoms with Gasteiger partial charge in [-0.3, -0.25) is 4.79 Å². The van der Waals surface area contributed by atoms with Crippen LogP contribution in [0, 0.1) is 0 Å². The van der Waals surface area contributed by atoms with Gasteiger partial charge in [-0.2, -0.15) is 0 Å². The van der Waals surface area contributed by atoms with Gasteiger partial charge in [0.15, 0.2) is 18.1 Å². The highest BCUT2D eigenvalue weighted by Gasteiger charge is 2.18. The molecule has 0 saturated heterocycles. The van der Waals surface area contributed by atoms with Gasteiger partial charge in [-0.1, -0.05) is 12.1 Å². The number of esters is 2. The quantitative estimate of drug-likeness (QED) is 0.762. The van der Waals surface area contributed by atoms with Crippen molar-refractivity contribution < 1.29 is 33.3 Å². The smallest absolute Gasteiger partial charge is 0.340 e. The van der Waals surface area contributed by atoms with Crippen molar-refractivity contribution in [2.45, 2.75) is 6.92 Å². The fraction of sp³-hybridized carbons (Fsp3) is 0.250. The van der Waals surface area contributed by atoms with Gasteiger partial charge in [0.05, 0.1) is 23.4 Å². The van der Waals surface area contributed by atoms with Gasteiger partial charge in [-0.15, -0.1) is 0 Å². The minimum Gasteiger partial charge on any atom is -0.486 e. The topological polar surface area (TPSA) is 100 Å². The van der Waals surface area contributed by atoms with Crippen molar-refractivity contribution in [3.63, 3.8) is 0 Å². The molecule has 1 aliphatic heterocycles. The SMILES string of the molecule is CCOC(=O)c1ccccc1NC(=O)COC(=O)c1ccc2c(c1)OCCO2. The predicted octanol–water partition coefficient (Wildman–Crippen LogP) is 2.43. The highest BCUT2D eigenvalue weighted by atomic mass is 16.6. The Balaban J connectivity index is 1.59. The largest absolute Gasteiger partial charge is 0.486 e. The Kier molecular flexibility index (Phi) is 6.11. The summed E-state index contributed by atoms with van der Waals surface area (Å²) in [4.78, 5) is 36.2. The summed E-state index contributed by atoms with van der Waals surface area (Å²) in [5.41, 5.74) is 0.737. The third-order valence-electron chi connectivity index (χ3n) is 3.81. The molecule has 2 aromatic rings. The fourth-order valence-electron chi connectivity index (χ4n) is 2.55. The van der Waals surface area contributed by atoms with Crippen LogP contribution in [0.2, 0.25) is 0 Å². The molecule has 0 radical (unpaired) electrons. The first-order chi connectivity index (χ1) is 13.6. The minimum atomic E-state index is -0.675. The van der Waals surface area contributed by atoms with Crippen LogP contribution in [0.4, 0.5) is 5.69 Å². The maximum atomic E-state index is 12.2. The van der Waals surface area contributed by atoms with Crippen molar-refractivity contribution in [2.75, 3.05) is 31.7 Å². The van der Waals surface area contributed by atoms with Crippen molar-refractivity contribution in [1.29, 1.82) is 0 Å². The standard InChI is InChI=1S/C20H19NO7/c1-2-25-20(24)14-5-3-4-6-15(14)21-18(22)12-28-19(23)13-7-8-16-17(11-13)27-10-9-26-16/h3-8,11H,2,9-10,12H2,1H3,(H,21,22). The lowest BCUT2D eigenvalue weighted by molar-refractivity contribution is -0.119. The van der Waals surface area contributed by atoms with E-state index in [-0.39, 0.29) is 23.4 Å². The number of para-hydroxylation sites is 1. The van der Waals surface area contributed by atoms with Crippen molar-refractivity contribution in [3.05, 3.63) is 53.6 Å². The lowest BCUT2D eigenvalue weighted by atomic mass is 10.2. The number of amides is 1. The van der Waals surface area contributed by atoms with Gasteiger partial charge >= 0.3 is 11.9 Å². The van der Waals surface area contributed by atoms with Crippen molar-refractivity contribution in [2.24, 2.45) is 0 Å². The van der Waals surface area contributed by atoms with Crippen LogP contribution in [0.25, 0.3) is 0 Å². The summed E-state index contributed by atoms with van der Waals surface area (Å²) in [7, 11) is 0. The first-order valence-corrected chi connectivity index (χ1v) is 8.71. The van der Waals surface area contributed by atoms with Gasteiger partial charge in [0.2, 0.25) is 0 Å². The number of benzene rings is 2. The Bertz CT molecular complexity index is 894. The highest BCUT2D eigenvalue weighted by Crippen LogP contribution is 2.30. The number of fused-ring (bicyclic) bond motifs is 1. The average molecular weight is 385 g/mol. The number of rotatable bonds is 6. The van der Waals surface area contributed by atoms with E-state index in [2.05, 4.69) is 5.32 Å². The summed E-state index contributed by atoms with van der Waals surface area (Å²) in [6.07, 6.45) is 0. The van der Waals surface area contributed by atoms with E-state index >= 15 is 0 Å². The zero-order valence-electron chi connectivity index (χ0n) is 15.2. The Morgan fingerprint density at radius 1 is 0.964 bits per heavy atom. The molecule has 0 aliphatic carbocycles. The molecule has 0 fully saturated rings. The molecule has 0 aromatic heterocycles. The zero-order valence-corrected chi connectivity index (χ0v) is 15.2. The van der Waals surface area contributed by atoms with Gasteiger partial charge in [-0.25, -0.2) is 9.59 Å². The summed E-state index contributed by atoms with van der Waals surface area (Å²) >= 11 is 0. The van der Waals surface area contributed by atoms with E-state index in [9.17, 15) is 14.4 Å². The molecule has 3 rings (SSSR count). The van der Waals surface area contributed by atoms with E-state index in [0.29, 0.717) is 24.7 Å². The third kappa shape index (κ3) is 4.59. The van der Waals surface area contributed by atoms with E-state index in [1.54, 1.807) is 31.2 Å². The molecule has 1 aliphatic rings. The Labute approximate surface area is 161 Å². The van der Waals surface area contributed by atoms with Crippen molar-refractivity contribution in [3.8, 4) is 11.5 Å². The van der Waals surface area contributed by atoms with Gasteiger partial charge in [-0.05, 0) is 37.3 Å². The molecule has 0 saturated carbocycles. The number of nitrogens with one attached hydrogen (secondary N) is 1. The van der Waals surface area contributed by atoms with Crippen LogP contribution in [-0.2, 0) is 14.3 Å². The molecule has 8 nitrogen and oxygen atoms in total. The molecule has 28 heavy (non-hydrogen) atoms. The minimum absolute atomic E-state index is 0.217. The molecule has 0 atom stereocenters. The molecule has 146 valence electrons. The van der Waals surface area contributed by atoms with Gasteiger partial charge in [0.25, 0.3) is 5.91 Å². The summed E-state index contributed by atoms with van der Waals surface area (Å²) in [6, 6.07) is 11.1. The van der Waals surface area contributed by atoms with E-state index in [1.807, 2.05) is 0 Å². The second-order valence-corrected chi connectivity index (χ2v) is 5.75. The lowest BCUT2D eigenvalue weighted by Crippen LogP contribution is -2.22. The van der Waals surface area contributed by atoms with Crippen LogP contribution in [0.1, 0.15) is 27.6 Å². The number of hydrogen-bond acceptors (Lipinski definition) is 7. The third-order valence-corrected chi connectivity index (χ3v) is 3.81.